The van der Waals surface area contributed by atoms with Gasteiger partial charge in [-0.25, -0.2) is 10.1 Å². The minimum Gasteiger partial charge on any atom is -0.353 e. The number of nitrogens with one attached hydrogen (secondary N) is 3. The van der Waals surface area contributed by atoms with E-state index in [4.69, 9.17) is 0 Å². The lowest BCUT2D eigenvalue weighted by molar-refractivity contribution is 0.399. The third-order valence-electron chi connectivity index (χ3n) is 4.60. The fraction of sp³-hybridized carbons (Fsp3) is 0.375. The Kier molecular flexibility index (Phi) is 4.45. The molecule has 0 saturated heterocycles. The molecule has 0 aliphatic heterocycles. The number of thiophene rings is 1. The molecular formula is C16H16N8OS. The number of rotatable bonds is 4. The molecule has 1 saturated carbocycles. The molecule has 0 spiro atoms. The van der Waals surface area contributed by atoms with E-state index in [-0.39, 0.29) is 11.6 Å². The van der Waals surface area contributed by atoms with E-state index in [9.17, 15) is 10.1 Å². The molecule has 1 aliphatic carbocycles. The summed E-state index contributed by atoms with van der Waals surface area (Å²) in [5, 5.41) is 28.6. The van der Waals surface area contributed by atoms with E-state index in [1.807, 2.05) is 23.6 Å². The summed E-state index contributed by atoms with van der Waals surface area (Å²) < 4.78 is 0. The van der Waals surface area contributed by atoms with Crippen molar-refractivity contribution in [3.8, 4) is 16.6 Å². The number of hydrogen-bond acceptors (Lipinski definition) is 8. The lowest BCUT2D eigenvalue weighted by Gasteiger charge is -2.27. The Morgan fingerprint density at radius 3 is 2.81 bits per heavy atom. The summed E-state index contributed by atoms with van der Waals surface area (Å²) in [5.74, 6) is 1.56. The van der Waals surface area contributed by atoms with Gasteiger partial charge in [-0.15, -0.1) is 16.4 Å². The normalized spacial score (nSPS) is 19.8. The molecule has 3 heterocycles. The van der Waals surface area contributed by atoms with Crippen LogP contribution in [0.2, 0.25) is 0 Å². The first-order valence-electron chi connectivity index (χ1n) is 8.33. The molecule has 0 amide bonds. The van der Waals surface area contributed by atoms with Gasteiger partial charge in [0.2, 0.25) is 5.95 Å². The zero-order chi connectivity index (χ0) is 17.9. The van der Waals surface area contributed by atoms with Crippen molar-refractivity contribution in [1.82, 2.24) is 30.6 Å². The summed E-state index contributed by atoms with van der Waals surface area (Å²) in [5.41, 5.74) is 0.0459. The number of hydrogen-bond donors (Lipinski definition) is 3. The van der Waals surface area contributed by atoms with E-state index in [2.05, 4.69) is 35.9 Å². The standard InChI is InChI=1S/C16H16N8OS/c17-8-11-13(12-2-1-7-26-12)19-16(20-15(11)25)18-10-5-3-9(4-6-10)14-21-23-24-22-14/h1-2,7,9-10H,3-6H2,(H2,18,19,20,25)(H,21,22,23,24). The third-order valence-corrected chi connectivity index (χ3v) is 5.48. The maximum Gasteiger partial charge on any atom is 0.270 e. The highest BCUT2D eigenvalue weighted by Gasteiger charge is 2.25. The molecule has 4 rings (SSSR count). The van der Waals surface area contributed by atoms with Crippen molar-refractivity contribution in [2.24, 2.45) is 0 Å². The van der Waals surface area contributed by atoms with Crippen LogP contribution in [0.15, 0.2) is 22.3 Å². The molecule has 0 radical (unpaired) electrons. The van der Waals surface area contributed by atoms with Crippen LogP contribution in [0.3, 0.4) is 0 Å². The van der Waals surface area contributed by atoms with Crippen LogP contribution >= 0.6 is 11.3 Å². The summed E-state index contributed by atoms with van der Waals surface area (Å²) in [6.45, 7) is 0. The number of anilines is 1. The van der Waals surface area contributed by atoms with Crippen LogP contribution in [0.5, 0.6) is 0 Å². The first-order chi connectivity index (χ1) is 12.7. The van der Waals surface area contributed by atoms with Crippen molar-refractivity contribution < 1.29 is 0 Å². The van der Waals surface area contributed by atoms with E-state index in [0.29, 0.717) is 17.6 Å². The van der Waals surface area contributed by atoms with E-state index < -0.39 is 5.56 Å². The summed E-state index contributed by atoms with van der Waals surface area (Å²) in [4.78, 5) is 20.2. The van der Waals surface area contributed by atoms with Crippen molar-refractivity contribution in [3.05, 3.63) is 39.3 Å². The number of nitrogens with zero attached hydrogens (tertiary/aromatic N) is 5. The zero-order valence-electron chi connectivity index (χ0n) is 13.8. The largest absolute Gasteiger partial charge is 0.353 e. The molecule has 3 aromatic heterocycles. The van der Waals surface area contributed by atoms with Crippen LogP contribution in [-0.2, 0) is 0 Å². The van der Waals surface area contributed by atoms with Crippen LogP contribution in [0, 0.1) is 11.3 Å². The molecule has 9 nitrogen and oxygen atoms in total. The fourth-order valence-electron chi connectivity index (χ4n) is 3.28. The van der Waals surface area contributed by atoms with Gasteiger partial charge in [-0.05, 0) is 47.6 Å². The summed E-state index contributed by atoms with van der Waals surface area (Å²) in [6.07, 6.45) is 3.74. The minimum absolute atomic E-state index is 0.0412. The second-order valence-corrected chi connectivity index (χ2v) is 7.15. The maximum absolute atomic E-state index is 12.3. The first kappa shape index (κ1) is 16.4. The van der Waals surface area contributed by atoms with Gasteiger partial charge in [-0.3, -0.25) is 9.78 Å². The van der Waals surface area contributed by atoms with E-state index in [1.165, 1.54) is 11.3 Å². The second kappa shape index (κ2) is 7.05. The predicted octanol–water partition coefficient (Wildman–Crippen LogP) is 2.02. The Morgan fingerprint density at radius 2 is 2.15 bits per heavy atom. The van der Waals surface area contributed by atoms with Crippen LogP contribution in [-0.4, -0.2) is 36.6 Å². The van der Waals surface area contributed by atoms with Crippen molar-refractivity contribution in [2.45, 2.75) is 37.6 Å². The summed E-state index contributed by atoms with van der Waals surface area (Å²) in [6, 6.07) is 5.88. The Bertz CT molecular complexity index is 965. The van der Waals surface area contributed by atoms with E-state index in [0.717, 1.165) is 36.4 Å². The molecule has 0 aromatic carbocycles. The number of aromatic nitrogens is 6. The Balaban J connectivity index is 1.51. The monoisotopic (exact) mass is 368 g/mol. The Hall–Kier alpha value is -3.06. The van der Waals surface area contributed by atoms with Crippen molar-refractivity contribution in [1.29, 1.82) is 5.26 Å². The molecule has 0 unspecified atom stereocenters. The smallest absolute Gasteiger partial charge is 0.270 e. The first-order valence-corrected chi connectivity index (χ1v) is 9.21. The Labute approximate surface area is 152 Å². The van der Waals surface area contributed by atoms with E-state index in [1.54, 1.807) is 0 Å². The highest BCUT2D eigenvalue weighted by atomic mass is 32.1. The molecular weight excluding hydrogens is 352 g/mol. The molecule has 26 heavy (non-hydrogen) atoms. The van der Waals surface area contributed by atoms with Gasteiger partial charge in [0.05, 0.1) is 4.88 Å². The number of nitriles is 1. The van der Waals surface area contributed by atoms with Gasteiger partial charge in [0.15, 0.2) is 5.82 Å². The van der Waals surface area contributed by atoms with Crippen LogP contribution in [0.1, 0.15) is 43.0 Å². The van der Waals surface area contributed by atoms with Gasteiger partial charge >= 0.3 is 0 Å². The Morgan fingerprint density at radius 1 is 1.31 bits per heavy atom. The van der Waals surface area contributed by atoms with Crippen LogP contribution in [0.4, 0.5) is 5.95 Å². The van der Waals surface area contributed by atoms with Crippen molar-refractivity contribution >= 4 is 17.3 Å². The number of aromatic amines is 2. The van der Waals surface area contributed by atoms with Gasteiger partial charge < -0.3 is 5.32 Å². The van der Waals surface area contributed by atoms with E-state index >= 15 is 0 Å². The van der Waals surface area contributed by atoms with Gasteiger partial charge in [-0.2, -0.15) is 5.26 Å². The van der Waals surface area contributed by atoms with Crippen molar-refractivity contribution in [2.75, 3.05) is 5.32 Å². The summed E-state index contributed by atoms with van der Waals surface area (Å²) in [7, 11) is 0. The molecule has 1 aliphatic rings. The average molecular weight is 368 g/mol. The average Bonchev–Trinajstić information content (AvgIpc) is 3.36. The maximum atomic E-state index is 12.3. The minimum atomic E-state index is -0.421. The highest BCUT2D eigenvalue weighted by molar-refractivity contribution is 7.13. The zero-order valence-corrected chi connectivity index (χ0v) is 14.6. The van der Waals surface area contributed by atoms with Crippen LogP contribution < -0.4 is 10.9 Å². The molecule has 3 N–H and O–H groups in total. The number of H-pyrrole nitrogens is 2. The molecule has 1 fully saturated rings. The van der Waals surface area contributed by atoms with Gasteiger partial charge in [-0.1, -0.05) is 6.07 Å². The number of tetrazole rings is 1. The molecule has 0 atom stereocenters. The second-order valence-electron chi connectivity index (χ2n) is 6.21. The fourth-order valence-corrected chi connectivity index (χ4v) is 4.00. The quantitative estimate of drug-likeness (QED) is 0.641. The SMILES string of the molecule is N#Cc1c(-c2cccs2)nc(NC2CCC(c3nnn[nH]3)CC2)[nH]c1=O. The van der Waals surface area contributed by atoms with Crippen LogP contribution in [0.25, 0.3) is 10.6 Å². The molecule has 3 aromatic rings. The van der Waals surface area contributed by atoms with Gasteiger partial charge in [0.25, 0.3) is 5.56 Å². The topological polar surface area (TPSA) is 136 Å². The molecule has 0 bridgehead atoms. The van der Waals surface area contributed by atoms with Gasteiger partial charge in [0, 0.05) is 12.0 Å². The highest BCUT2D eigenvalue weighted by Crippen LogP contribution is 2.32. The van der Waals surface area contributed by atoms with Gasteiger partial charge in [0.1, 0.15) is 17.3 Å². The predicted molar refractivity (Wildman–Crippen MR) is 95.7 cm³/mol. The third kappa shape index (κ3) is 3.21. The molecule has 132 valence electrons. The lowest BCUT2D eigenvalue weighted by Crippen LogP contribution is -2.28. The molecule has 10 heteroatoms. The van der Waals surface area contributed by atoms with Crippen molar-refractivity contribution in [3.63, 3.8) is 0 Å². The lowest BCUT2D eigenvalue weighted by atomic mass is 9.85. The summed E-state index contributed by atoms with van der Waals surface area (Å²) >= 11 is 1.45.